The Bertz CT molecular complexity index is 832. The largest absolute Gasteiger partial charge is 0.497 e. The molecule has 122 valence electrons. The molecule has 0 aliphatic carbocycles. The fourth-order valence-corrected chi connectivity index (χ4v) is 2.11. The molecular formula is C16H19N3O4. The molecule has 0 amide bonds. The second-order valence-corrected chi connectivity index (χ2v) is 5.08. The normalized spacial score (nSPS) is 11.1. The summed E-state index contributed by atoms with van der Waals surface area (Å²) >= 11 is 0. The van der Waals surface area contributed by atoms with Crippen LogP contribution in [0.1, 0.15) is 11.1 Å². The fraction of sp³-hybridized carbons (Fsp3) is 0.312. The van der Waals surface area contributed by atoms with Crippen LogP contribution in [0.3, 0.4) is 0 Å². The molecule has 2 rings (SSSR count). The van der Waals surface area contributed by atoms with E-state index in [2.05, 4.69) is 4.99 Å². The van der Waals surface area contributed by atoms with Gasteiger partial charge < -0.3 is 9.84 Å². The molecule has 1 N–H and O–H groups in total. The van der Waals surface area contributed by atoms with E-state index < -0.39 is 11.2 Å². The molecule has 0 aliphatic heterocycles. The monoisotopic (exact) mass is 317 g/mol. The van der Waals surface area contributed by atoms with Gasteiger partial charge >= 0.3 is 5.69 Å². The van der Waals surface area contributed by atoms with Crippen LogP contribution in [0.2, 0.25) is 0 Å². The maximum absolute atomic E-state index is 12.0. The number of methoxy groups -OCH3 is 1. The van der Waals surface area contributed by atoms with Crippen molar-refractivity contribution in [3.05, 3.63) is 56.2 Å². The summed E-state index contributed by atoms with van der Waals surface area (Å²) in [4.78, 5) is 27.8. The average molecular weight is 317 g/mol. The number of hydrogen-bond donors (Lipinski definition) is 1. The molecule has 1 aromatic heterocycles. The van der Waals surface area contributed by atoms with Crippen LogP contribution in [0.4, 0.5) is 0 Å². The highest BCUT2D eigenvalue weighted by Crippen LogP contribution is 2.11. The SMILES string of the molecule is COc1ccc(CCN=Cc2c(O)n(C)c(=O)n(C)c2=O)cc1. The molecule has 0 atom stereocenters. The van der Waals surface area contributed by atoms with Gasteiger partial charge in [-0.15, -0.1) is 0 Å². The van der Waals surface area contributed by atoms with Crippen molar-refractivity contribution in [1.29, 1.82) is 0 Å². The molecule has 0 bridgehead atoms. The first kappa shape index (κ1) is 16.5. The van der Waals surface area contributed by atoms with E-state index >= 15 is 0 Å². The number of hydrogen-bond acceptors (Lipinski definition) is 5. The van der Waals surface area contributed by atoms with Gasteiger partial charge in [-0.2, -0.15) is 0 Å². The number of ether oxygens (including phenoxy) is 1. The van der Waals surface area contributed by atoms with E-state index in [0.717, 1.165) is 20.4 Å². The van der Waals surface area contributed by atoms with Crippen LogP contribution in [0, 0.1) is 0 Å². The molecular weight excluding hydrogens is 298 g/mol. The molecule has 0 radical (unpaired) electrons. The Hall–Kier alpha value is -2.83. The summed E-state index contributed by atoms with van der Waals surface area (Å²) in [7, 11) is 4.37. The van der Waals surface area contributed by atoms with Gasteiger partial charge in [0.25, 0.3) is 5.56 Å². The molecule has 0 saturated heterocycles. The third-order valence-electron chi connectivity index (χ3n) is 3.58. The number of aromatic nitrogens is 2. The molecule has 7 nitrogen and oxygen atoms in total. The van der Waals surface area contributed by atoms with Gasteiger partial charge in [0.1, 0.15) is 11.3 Å². The van der Waals surface area contributed by atoms with Crippen LogP contribution < -0.4 is 16.0 Å². The smallest absolute Gasteiger partial charge is 0.333 e. The zero-order chi connectivity index (χ0) is 17.0. The predicted molar refractivity (Wildman–Crippen MR) is 87.7 cm³/mol. The number of benzene rings is 1. The van der Waals surface area contributed by atoms with E-state index in [-0.39, 0.29) is 11.4 Å². The summed E-state index contributed by atoms with van der Waals surface area (Å²) in [5, 5.41) is 9.90. The van der Waals surface area contributed by atoms with Crippen molar-refractivity contribution < 1.29 is 9.84 Å². The van der Waals surface area contributed by atoms with Gasteiger partial charge in [-0.3, -0.25) is 18.9 Å². The minimum Gasteiger partial charge on any atom is -0.497 e. The standard InChI is InChI=1S/C16H19N3O4/c1-18-14(20)13(15(21)19(2)16(18)22)10-17-9-8-11-4-6-12(23-3)7-5-11/h4-7,10,20H,8-9H2,1-3H3. The van der Waals surface area contributed by atoms with Crippen LogP contribution in [-0.4, -0.2) is 34.1 Å². The van der Waals surface area contributed by atoms with Gasteiger partial charge in [-0.25, -0.2) is 4.79 Å². The lowest BCUT2D eigenvalue weighted by atomic mass is 10.1. The molecule has 0 saturated carbocycles. The molecule has 2 aromatic rings. The lowest BCUT2D eigenvalue weighted by Crippen LogP contribution is -2.38. The molecule has 1 aromatic carbocycles. The van der Waals surface area contributed by atoms with E-state index in [4.69, 9.17) is 4.74 Å². The van der Waals surface area contributed by atoms with Crippen LogP contribution in [0.5, 0.6) is 11.6 Å². The van der Waals surface area contributed by atoms with Gasteiger partial charge in [0, 0.05) is 26.9 Å². The second kappa shape index (κ2) is 6.95. The van der Waals surface area contributed by atoms with Crippen molar-refractivity contribution in [3.8, 4) is 11.6 Å². The molecule has 23 heavy (non-hydrogen) atoms. The van der Waals surface area contributed by atoms with Crippen LogP contribution in [0.25, 0.3) is 0 Å². The summed E-state index contributed by atoms with van der Waals surface area (Å²) in [6.45, 7) is 0.456. The van der Waals surface area contributed by atoms with Crippen LogP contribution in [0.15, 0.2) is 38.8 Å². The quantitative estimate of drug-likeness (QED) is 0.812. The average Bonchev–Trinajstić information content (AvgIpc) is 2.58. The lowest BCUT2D eigenvalue weighted by molar-refractivity contribution is 0.410. The van der Waals surface area contributed by atoms with Crippen molar-refractivity contribution in [3.63, 3.8) is 0 Å². The molecule has 7 heteroatoms. The second-order valence-electron chi connectivity index (χ2n) is 5.08. The highest BCUT2D eigenvalue weighted by atomic mass is 16.5. The zero-order valence-corrected chi connectivity index (χ0v) is 13.3. The fourth-order valence-electron chi connectivity index (χ4n) is 2.11. The summed E-state index contributed by atoms with van der Waals surface area (Å²) < 4.78 is 7.03. The van der Waals surface area contributed by atoms with Crippen LogP contribution in [-0.2, 0) is 20.5 Å². The van der Waals surface area contributed by atoms with E-state index in [1.54, 1.807) is 7.11 Å². The topological polar surface area (TPSA) is 85.8 Å². The Labute approximate surface area is 133 Å². The van der Waals surface area contributed by atoms with Gasteiger partial charge in [-0.05, 0) is 24.1 Å². The summed E-state index contributed by atoms with van der Waals surface area (Å²) in [6.07, 6.45) is 1.99. The van der Waals surface area contributed by atoms with Gasteiger partial charge in [0.15, 0.2) is 0 Å². The molecule has 0 unspecified atom stereocenters. The highest BCUT2D eigenvalue weighted by molar-refractivity contribution is 5.81. The third kappa shape index (κ3) is 3.50. The molecule has 1 heterocycles. The first-order valence-electron chi connectivity index (χ1n) is 7.07. The Morgan fingerprint density at radius 3 is 2.43 bits per heavy atom. The number of aromatic hydroxyl groups is 1. The summed E-state index contributed by atoms with van der Waals surface area (Å²) in [5.41, 5.74) is -0.0634. The predicted octanol–water partition coefficient (Wildman–Crippen LogP) is 0.460. The number of aliphatic imine (C=N–C) groups is 1. The van der Waals surface area contributed by atoms with Crippen molar-refractivity contribution in [2.45, 2.75) is 6.42 Å². The number of nitrogens with zero attached hydrogens (tertiary/aromatic N) is 3. The Morgan fingerprint density at radius 2 is 1.83 bits per heavy atom. The lowest BCUT2D eigenvalue weighted by Gasteiger charge is -2.07. The van der Waals surface area contributed by atoms with Crippen LogP contribution >= 0.6 is 0 Å². The van der Waals surface area contributed by atoms with E-state index in [1.165, 1.54) is 20.3 Å². The number of rotatable bonds is 5. The first-order chi connectivity index (χ1) is 11.0. The van der Waals surface area contributed by atoms with E-state index in [9.17, 15) is 14.7 Å². The van der Waals surface area contributed by atoms with Crippen molar-refractivity contribution in [2.75, 3.05) is 13.7 Å². The summed E-state index contributed by atoms with van der Waals surface area (Å²) in [6, 6.07) is 7.62. The molecule has 0 aliphatic rings. The third-order valence-corrected chi connectivity index (χ3v) is 3.58. The maximum atomic E-state index is 12.0. The minimum atomic E-state index is -0.581. The van der Waals surface area contributed by atoms with Crippen molar-refractivity contribution >= 4 is 6.21 Å². The molecule has 0 spiro atoms. The summed E-state index contributed by atoms with van der Waals surface area (Å²) in [5.74, 6) is 0.405. The van der Waals surface area contributed by atoms with E-state index in [0.29, 0.717) is 13.0 Å². The Balaban J connectivity index is 2.12. The minimum absolute atomic E-state index is 0.00401. The van der Waals surface area contributed by atoms with Crippen molar-refractivity contribution in [1.82, 2.24) is 9.13 Å². The van der Waals surface area contributed by atoms with Crippen molar-refractivity contribution in [2.24, 2.45) is 19.1 Å². The zero-order valence-electron chi connectivity index (χ0n) is 13.3. The Kier molecular flexibility index (Phi) is 5.00. The van der Waals surface area contributed by atoms with Gasteiger partial charge in [0.05, 0.1) is 7.11 Å². The highest BCUT2D eigenvalue weighted by Gasteiger charge is 2.12. The first-order valence-corrected chi connectivity index (χ1v) is 7.07. The van der Waals surface area contributed by atoms with Gasteiger partial charge in [-0.1, -0.05) is 12.1 Å². The molecule has 0 fully saturated rings. The van der Waals surface area contributed by atoms with E-state index in [1.807, 2.05) is 24.3 Å². The maximum Gasteiger partial charge on any atom is 0.333 e. The Morgan fingerprint density at radius 1 is 1.17 bits per heavy atom. The van der Waals surface area contributed by atoms with Gasteiger partial charge in [0.2, 0.25) is 5.88 Å².